The third-order valence-corrected chi connectivity index (χ3v) is 8.10. The number of hydrogen-bond acceptors (Lipinski definition) is 6. The van der Waals surface area contributed by atoms with E-state index in [2.05, 4.69) is 5.32 Å². The number of nitrogens with one attached hydrogen (secondary N) is 1. The zero-order valence-electron chi connectivity index (χ0n) is 19.6. The fraction of sp³-hybridized carbons (Fsp3) is 0.391. The molecule has 0 unspecified atom stereocenters. The molecule has 190 valence electrons. The molecule has 2 amide bonds. The van der Waals surface area contributed by atoms with Crippen molar-refractivity contribution in [1.29, 1.82) is 0 Å². The zero-order valence-corrected chi connectivity index (χ0v) is 21.9. The maximum atomic E-state index is 13.7. The summed E-state index contributed by atoms with van der Waals surface area (Å²) in [6.45, 7) is 2.65. The van der Waals surface area contributed by atoms with E-state index in [1.54, 1.807) is 37.3 Å². The number of hydrogen-bond donors (Lipinski definition) is 1. The quantitative estimate of drug-likeness (QED) is 0.492. The van der Waals surface area contributed by atoms with E-state index >= 15 is 0 Å². The first kappa shape index (κ1) is 26.9. The molecule has 1 heterocycles. The van der Waals surface area contributed by atoms with Crippen LogP contribution in [0.25, 0.3) is 0 Å². The Bertz CT molecular complexity index is 1190. The van der Waals surface area contributed by atoms with Gasteiger partial charge in [-0.1, -0.05) is 36.2 Å². The van der Waals surface area contributed by atoms with Gasteiger partial charge in [-0.3, -0.25) is 13.9 Å². The van der Waals surface area contributed by atoms with Crippen LogP contribution in [0.1, 0.15) is 25.8 Å². The Balaban J connectivity index is 2.01. The molecule has 35 heavy (non-hydrogen) atoms. The van der Waals surface area contributed by atoms with E-state index in [1.807, 2.05) is 0 Å². The summed E-state index contributed by atoms with van der Waals surface area (Å²) in [6.07, 6.45) is 0.290. The highest BCUT2D eigenvalue weighted by molar-refractivity contribution is 7.92. The van der Waals surface area contributed by atoms with Crippen molar-refractivity contribution < 1.29 is 27.5 Å². The van der Waals surface area contributed by atoms with Crippen molar-refractivity contribution in [3.05, 3.63) is 52.0 Å². The topological polar surface area (TPSA) is 105 Å². The molecule has 0 aliphatic carbocycles. The van der Waals surface area contributed by atoms with Crippen LogP contribution < -0.4 is 19.1 Å². The van der Waals surface area contributed by atoms with E-state index in [0.29, 0.717) is 27.1 Å². The van der Waals surface area contributed by atoms with Crippen molar-refractivity contribution >= 4 is 50.7 Å². The first-order valence-corrected chi connectivity index (χ1v) is 13.3. The molecule has 0 fully saturated rings. The minimum atomic E-state index is -3.87. The van der Waals surface area contributed by atoms with Crippen LogP contribution in [0.2, 0.25) is 10.0 Å². The zero-order chi connectivity index (χ0) is 25.8. The Hall–Kier alpha value is -2.69. The molecular weight excluding hydrogens is 517 g/mol. The lowest BCUT2D eigenvalue weighted by molar-refractivity contribution is -0.140. The Labute approximate surface area is 214 Å². The van der Waals surface area contributed by atoms with Crippen LogP contribution in [-0.2, 0) is 26.2 Å². The van der Waals surface area contributed by atoms with Gasteiger partial charge < -0.3 is 19.7 Å². The molecule has 1 N–H and O–H groups in total. The van der Waals surface area contributed by atoms with Gasteiger partial charge in [-0.05, 0) is 37.6 Å². The summed E-state index contributed by atoms with van der Waals surface area (Å²) in [5.74, 6) is -0.363. The number of ether oxygens (including phenoxy) is 2. The van der Waals surface area contributed by atoms with Crippen LogP contribution >= 0.6 is 23.2 Å². The molecule has 0 aromatic heterocycles. The van der Waals surface area contributed by atoms with E-state index in [-0.39, 0.29) is 31.2 Å². The summed E-state index contributed by atoms with van der Waals surface area (Å²) in [4.78, 5) is 27.6. The van der Waals surface area contributed by atoms with Gasteiger partial charge >= 0.3 is 0 Å². The molecule has 0 radical (unpaired) electrons. The number of rotatable bonds is 10. The number of halogens is 2. The third kappa shape index (κ3) is 5.94. The van der Waals surface area contributed by atoms with Gasteiger partial charge in [0.25, 0.3) is 0 Å². The molecule has 2 aromatic carbocycles. The minimum Gasteiger partial charge on any atom is -0.454 e. The molecule has 1 atom stereocenters. The smallest absolute Gasteiger partial charge is 0.244 e. The monoisotopic (exact) mass is 543 g/mol. The molecular formula is C23H27Cl2N3O6S. The van der Waals surface area contributed by atoms with Gasteiger partial charge in [0.1, 0.15) is 12.6 Å². The van der Waals surface area contributed by atoms with Crippen molar-refractivity contribution in [2.45, 2.75) is 32.9 Å². The summed E-state index contributed by atoms with van der Waals surface area (Å²) >= 11 is 12.7. The summed E-state index contributed by atoms with van der Waals surface area (Å²) in [5, 5.41) is 3.22. The first-order chi connectivity index (χ1) is 16.6. The van der Waals surface area contributed by atoms with E-state index < -0.39 is 34.4 Å². The van der Waals surface area contributed by atoms with Crippen LogP contribution in [0.15, 0.2) is 36.4 Å². The molecule has 1 aliphatic rings. The second-order valence-corrected chi connectivity index (χ2v) is 10.7. The highest BCUT2D eigenvalue weighted by atomic mass is 35.5. The van der Waals surface area contributed by atoms with Crippen molar-refractivity contribution in [1.82, 2.24) is 10.2 Å². The van der Waals surface area contributed by atoms with Crippen LogP contribution in [0.3, 0.4) is 0 Å². The Morgan fingerprint density at radius 3 is 2.34 bits per heavy atom. The van der Waals surface area contributed by atoms with Crippen molar-refractivity contribution in [3.8, 4) is 11.5 Å². The average Bonchev–Trinajstić information content (AvgIpc) is 3.31. The number of nitrogens with zero attached hydrogens (tertiary/aromatic N) is 2. The number of carbonyl (C=O) groups is 2. The minimum absolute atomic E-state index is 0.0227. The van der Waals surface area contributed by atoms with E-state index in [0.717, 1.165) is 4.31 Å². The number of anilines is 1. The second-order valence-electron chi connectivity index (χ2n) is 7.70. The Morgan fingerprint density at radius 1 is 1.09 bits per heavy atom. The Morgan fingerprint density at radius 2 is 1.74 bits per heavy atom. The van der Waals surface area contributed by atoms with E-state index in [1.165, 1.54) is 24.9 Å². The summed E-state index contributed by atoms with van der Waals surface area (Å²) in [6, 6.07) is 8.70. The van der Waals surface area contributed by atoms with Gasteiger partial charge in [0.2, 0.25) is 28.6 Å². The van der Waals surface area contributed by atoms with Crippen molar-refractivity contribution in [2.75, 3.05) is 30.4 Å². The fourth-order valence-electron chi connectivity index (χ4n) is 3.70. The summed E-state index contributed by atoms with van der Waals surface area (Å²) in [5.41, 5.74) is 0.702. The third-order valence-electron chi connectivity index (χ3n) is 5.65. The maximum Gasteiger partial charge on any atom is 0.244 e. The maximum absolute atomic E-state index is 13.7. The van der Waals surface area contributed by atoms with Crippen LogP contribution in [0.4, 0.5) is 5.69 Å². The van der Waals surface area contributed by atoms with E-state index in [9.17, 15) is 18.0 Å². The Kier molecular flexibility index (Phi) is 8.74. The van der Waals surface area contributed by atoms with Gasteiger partial charge in [-0.25, -0.2) is 8.42 Å². The number of likely N-dealkylation sites (N-methyl/N-ethyl adjacent to an activating group) is 1. The molecule has 1 aliphatic heterocycles. The predicted molar refractivity (Wildman–Crippen MR) is 135 cm³/mol. The van der Waals surface area contributed by atoms with Gasteiger partial charge in [-0.15, -0.1) is 0 Å². The van der Waals surface area contributed by atoms with Gasteiger partial charge in [0.15, 0.2) is 11.5 Å². The van der Waals surface area contributed by atoms with Crippen LogP contribution in [-0.4, -0.2) is 57.3 Å². The van der Waals surface area contributed by atoms with Crippen molar-refractivity contribution in [2.24, 2.45) is 0 Å². The van der Waals surface area contributed by atoms with Gasteiger partial charge in [0, 0.05) is 35.3 Å². The lowest BCUT2D eigenvalue weighted by Gasteiger charge is -2.33. The van der Waals surface area contributed by atoms with Crippen LogP contribution in [0, 0.1) is 0 Å². The van der Waals surface area contributed by atoms with Crippen LogP contribution in [0.5, 0.6) is 11.5 Å². The van der Waals surface area contributed by atoms with Gasteiger partial charge in [0.05, 0.1) is 11.4 Å². The largest absolute Gasteiger partial charge is 0.454 e. The molecule has 0 saturated heterocycles. The molecule has 9 nitrogen and oxygen atoms in total. The number of sulfonamides is 1. The van der Waals surface area contributed by atoms with Crippen molar-refractivity contribution in [3.63, 3.8) is 0 Å². The SMILES string of the molecule is CC[C@H](C(=O)NC)N(Cc1c(Cl)cccc1Cl)C(=O)CN(c1ccc2c(c1)OCO2)S(=O)(=O)CC. The summed E-state index contributed by atoms with van der Waals surface area (Å²) in [7, 11) is -2.40. The first-order valence-electron chi connectivity index (χ1n) is 11.0. The number of carbonyl (C=O) groups excluding carboxylic acids is 2. The molecule has 2 aromatic rings. The molecule has 0 bridgehead atoms. The molecule has 12 heteroatoms. The molecule has 0 spiro atoms. The number of benzene rings is 2. The van der Waals surface area contributed by atoms with E-state index in [4.69, 9.17) is 32.7 Å². The number of amides is 2. The summed E-state index contributed by atoms with van der Waals surface area (Å²) < 4.78 is 37.7. The molecule has 3 rings (SSSR count). The standard InChI is InChI=1S/C23H27Cl2N3O6S/c1-4-19(23(30)26-3)27(12-16-17(24)7-6-8-18(16)25)22(29)13-28(35(31,32)5-2)15-9-10-20-21(11-15)34-14-33-20/h6-11,19H,4-5,12-14H2,1-3H3,(H,26,30)/t19-/m1/s1. The normalized spacial score (nSPS) is 13.3. The van der Waals surface area contributed by atoms with Gasteiger partial charge in [-0.2, -0.15) is 0 Å². The second kappa shape index (κ2) is 11.4. The predicted octanol–water partition coefficient (Wildman–Crippen LogP) is 3.43. The number of fused-ring (bicyclic) bond motifs is 1. The fourth-order valence-corrected chi connectivity index (χ4v) is 5.27. The molecule has 0 saturated carbocycles. The lowest BCUT2D eigenvalue weighted by atomic mass is 10.1. The highest BCUT2D eigenvalue weighted by Crippen LogP contribution is 2.36. The lowest BCUT2D eigenvalue weighted by Crippen LogP contribution is -2.52. The average molecular weight is 544 g/mol. The highest BCUT2D eigenvalue weighted by Gasteiger charge is 2.33.